The van der Waals surface area contributed by atoms with E-state index in [1.807, 2.05) is 0 Å². The number of nitrogens with one attached hydrogen (secondary N) is 1. The Labute approximate surface area is 132 Å². The largest absolute Gasteiger partial charge is 0.463 e. The number of amides is 1. The van der Waals surface area contributed by atoms with E-state index in [0.717, 1.165) is 4.68 Å². The van der Waals surface area contributed by atoms with E-state index in [9.17, 15) is 18.0 Å². The van der Waals surface area contributed by atoms with Crippen LogP contribution in [0, 0.1) is 0 Å². The molecule has 0 radical (unpaired) electrons. The van der Waals surface area contributed by atoms with Gasteiger partial charge in [-0.05, 0) is 24.6 Å². The summed E-state index contributed by atoms with van der Waals surface area (Å²) in [5, 5.41) is 6.71. The van der Waals surface area contributed by atoms with Crippen molar-refractivity contribution in [1.29, 1.82) is 0 Å². The molecule has 0 saturated carbocycles. The molecule has 0 aromatic carbocycles. The van der Waals surface area contributed by atoms with E-state index in [4.69, 9.17) is 4.42 Å². The van der Waals surface area contributed by atoms with Crippen molar-refractivity contribution in [3.8, 4) is 11.5 Å². The molecule has 1 aliphatic heterocycles. The Balaban J connectivity index is 1.71. The fraction of sp³-hybridized carbons (Fsp3) is 0.357. The number of rotatable bonds is 4. The van der Waals surface area contributed by atoms with E-state index >= 15 is 0 Å². The smallest absolute Gasteiger partial charge is 0.267 e. The lowest BCUT2D eigenvalue weighted by Gasteiger charge is -2.11. The van der Waals surface area contributed by atoms with Crippen LogP contribution in [0.15, 0.2) is 39.7 Å². The number of carbonyl (C=O) groups is 1. The van der Waals surface area contributed by atoms with Gasteiger partial charge in [0.15, 0.2) is 15.6 Å². The van der Waals surface area contributed by atoms with Crippen LogP contribution in [0.5, 0.6) is 0 Å². The molecule has 0 spiro atoms. The average molecular weight is 337 g/mol. The topological polar surface area (TPSA) is 111 Å². The number of furan rings is 1. The second-order valence-corrected chi connectivity index (χ2v) is 7.59. The standard InChI is InChI=1S/C14H15N3O5S/c18-13(15-10-5-7-23(20,21)9-10)8-17-14(19)4-3-11(16-17)12-2-1-6-22-12/h1-4,6,10H,5,7-9H2,(H,15,18)/t10-/m1/s1. The molecule has 122 valence electrons. The van der Waals surface area contributed by atoms with Gasteiger partial charge in [0.1, 0.15) is 12.2 Å². The molecule has 8 nitrogen and oxygen atoms in total. The normalized spacial score (nSPS) is 19.6. The minimum atomic E-state index is -3.07. The van der Waals surface area contributed by atoms with Gasteiger partial charge in [-0.15, -0.1) is 0 Å². The van der Waals surface area contributed by atoms with Crippen molar-refractivity contribution in [2.24, 2.45) is 0 Å². The summed E-state index contributed by atoms with van der Waals surface area (Å²) in [7, 11) is -3.07. The van der Waals surface area contributed by atoms with Crippen molar-refractivity contribution in [3.05, 3.63) is 40.9 Å². The lowest BCUT2D eigenvalue weighted by atomic mass is 10.2. The second kappa shape index (κ2) is 5.99. The van der Waals surface area contributed by atoms with Crippen molar-refractivity contribution >= 4 is 15.7 Å². The molecule has 1 fully saturated rings. The van der Waals surface area contributed by atoms with Crippen molar-refractivity contribution < 1.29 is 17.6 Å². The third kappa shape index (κ3) is 3.67. The molecular weight excluding hydrogens is 322 g/mol. The Morgan fingerprint density at radius 1 is 1.39 bits per heavy atom. The quantitative estimate of drug-likeness (QED) is 0.827. The number of hydrogen-bond acceptors (Lipinski definition) is 6. The Bertz CT molecular complexity index is 870. The fourth-order valence-electron chi connectivity index (χ4n) is 2.44. The summed E-state index contributed by atoms with van der Waals surface area (Å²) in [5.41, 5.74) is 0.0142. The SMILES string of the molecule is O=C(Cn1nc(-c2ccco2)ccc1=O)N[C@@H]1CCS(=O)(=O)C1. The van der Waals surface area contributed by atoms with Gasteiger partial charge in [0.25, 0.3) is 5.56 Å². The molecule has 3 rings (SSSR count). The molecule has 0 unspecified atom stereocenters. The van der Waals surface area contributed by atoms with E-state index in [2.05, 4.69) is 10.4 Å². The predicted octanol–water partition coefficient (Wildman–Crippen LogP) is -0.193. The summed E-state index contributed by atoms with van der Waals surface area (Å²) < 4.78 is 29.0. The van der Waals surface area contributed by atoms with Gasteiger partial charge in [-0.25, -0.2) is 13.1 Å². The molecule has 0 aliphatic carbocycles. The van der Waals surface area contributed by atoms with Crippen molar-refractivity contribution in [2.75, 3.05) is 11.5 Å². The van der Waals surface area contributed by atoms with Crippen molar-refractivity contribution in [1.82, 2.24) is 15.1 Å². The average Bonchev–Trinajstić information content (AvgIpc) is 3.11. The van der Waals surface area contributed by atoms with E-state index in [1.54, 1.807) is 12.1 Å². The predicted molar refractivity (Wildman–Crippen MR) is 81.4 cm³/mol. The molecule has 0 bridgehead atoms. The monoisotopic (exact) mass is 337 g/mol. The molecule has 1 atom stereocenters. The first kappa shape index (κ1) is 15.5. The zero-order valence-corrected chi connectivity index (χ0v) is 13.0. The van der Waals surface area contributed by atoms with Gasteiger partial charge in [0, 0.05) is 12.1 Å². The van der Waals surface area contributed by atoms with Crippen LogP contribution in [0.25, 0.3) is 11.5 Å². The Morgan fingerprint density at radius 2 is 2.22 bits per heavy atom. The summed E-state index contributed by atoms with van der Waals surface area (Å²) >= 11 is 0. The highest BCUT2D eigenvalue weighted by molar-refractivity contribution is 7.91. The third-order valence-corrected chi connectivity index (χ3v) is 5.30. The summed E-state index contributed by atoms with van der Waals surface area (Å²) in [6.07, 6.45) is 1.88. The number of sulfone groups is 1. The van der Waals surface area contributed by atoms with Gasteiger partial charge in [0.05, 0.1) is 17.8 Å². The van der Waals surface area contributed by atoms with Crippen LogP contribution in [0.1, 0.15) is 6.42 Å². The van der Waals surface area contributed by atoms with Crippen molar-refractivity contribution in [3.63, 3.8) is 0 Å². The van der Waals surface area contributed by atoms with E-state index in [1.165, 1.54) is 18.4 Å². The van der Waals surface area contributed by atoms with Gasteiger partial charge >= 0.3 is 0 Å². The highest BCUT2D eigenvalue weighted by atomic mass is 32.2. The molecule has 1 aliphatic rings. The summed E-state index contributed by atoms with van der Waals surface area (Å²) in [4.78, 5) is 23.8. The molecule has 1 saturated heterocycles. The highest BCUT2D eigenvalue weighted by Crippen LogP contribution is 2.15. The number of carbonyl (C=O) groups excluding carboxylic acids is 1. The minimum Gasteiger partial charge on any atom is -0.463 e. The molecule has 23 heavy (non-hydrogen) atoms. The first-order valence-corrected chi connectivity index (χ1v) is 8.87. The fourth-order valence-corrected chi connectivity index (χ4v) is 4.11. The number of nitrogens with zero attached hydrogens (tertiary/aromatic N) is 2. The number of aromatic nitrogens is 2. The maximum absolute atomic E-state index is 12.0. The van der Waals surface area contributed by atoms with Gasteiger partial charge in [0.2, 0.25) is 5.91 Å². The summed E-state index contributed by atoms with van der Waals surface area (Å²) in [5.74, 6) is 0.0526. The minimum absolute atomic E-state index is 0.0620. The maximum Gasteiger partial charge on any atom is 0.267 e. The molecule has 2 aromatic rings. The van der Waals surface area contributed by atoms with E-state index in [0.29, 0.717) is 17.9 Å². The Kier molecular flexibility index (Phi) is 4.03. The summed E-state index contributed by atoms with van der Waals surface area (Å²) in [6, 6.07) is 5.80. The lowest BCUT2D eigenvalue weighted by molar-refractivity contribution is -0.122. The first-order valence-electron chi connectivity index (χ1n) is 7.05. The van der Waals surface area contributed by atoms with Crippen LogP contribution < -0.4 is 10.9 Å². The van der Waals surface area contributed by atoms with Crippen LogP contribution in [-0.4, -0.2) is 41.7 Å². The van der Waals surface area contributed by atoms with Gasteiger partial charge in [-0.3, -0.25) is 9.59 Å². The Morgan fingerprint density at radius 3 is 2.87 bits per heavy atom. The number of hydrogen-bond donors (Lipinski definition) is 1. The Hall–Kier alpha value is -2.42. The highest BCUT2D eigenvalue weighted by Gasteiger charge is 2.28. The second-order valence-electron chi connectivity index (χ2n) is 5.36. The van der Waals surface area contributed by atoms with E-state index in [-0.39, 0.29) is 18.1 Å². The van der Waals surface area contributed by atoms with Gasteiger partial charge in [-0.2, -0.15) is 5.10 Å². The maximum atomic E-state index is 12.0. The molecule has 1 N–H and O–H groups in total. The summed E-state index contributed by atoms with van der Waals surface area (Å²) in [6.45, 7) is -0.274. The molecule has 9 heteroatoms. The zero-order chi connectivity index (χ0) is 16.4. The zero-order valence-electron chi connectivity index (χ0n) is 12.1. The molecule has 1 amide bonds. The third-order valence-electron chi connectivity index (χ3n) is 3.53. The van der Waals surface area contributed by atoms with Crippen LogP contribution in [0.3, 0.4) is 0 Å². The van der Waals surface area contributed by atoms with Crippen LogP contribution in [0.4, 0.5) is 0 Å². The van der Waals surface area contributed by atoms with Crippen LogP contribution in [-0.2, 0) is 21.2 Å². The van der Waals surface area contributed by atoms with Crippen LogP contribution >= 0.6 is 0 Å². The first-order chi connectivity index (χ1) is 10.9. The molecule has 3 heterocycles. The van der Waals surface area contributed by atoms with E-state index < -0.39 is 27.3 Å². The lowest BCUT2D eigenvalue weighted by Crippen LogP contribution is -2.40. The van der Waals surface area contributed by atoms with Crippen molar-refractivity contribution in [2.45, 2.75) is 19.0 Å². The molecule has 2 aromatic heterocycles. The van der Waals surface area contributed by atoms with Gasteiger partial charge in [-0.1, -0.05) is 0 Å². The van der Waals surface area contributed by atoms with Crippen LogP contribution in [0.2, 0.25) is 0 Å². The molecular formula is C14H15N3O5S. The van der Waals surface area contributed by atoms with Gasteiger partial charge < -0.3 is 9.73 Å².